The Hall–Kier alpha value is -2.76. The van der Waals surface area contributed by atoms with Crippen LogP contribution in [0, 0.1) is 5.92 Å². The van der Waals surface area contributed by atoms with Crippen molar-refractivity contribution in [2.24, 2.45) is 5.92 Å². The smallest absolute Gasteiger partial charge is 0.307 e. The molecule has 114 valence electrons. The minimum Gasteiger partial charge on any atom is -0.481 e. The zero-order valence-corrected chi connectivity index (χ0v) is 11.7. The van der Waals surface area contributed by atoms with E-state index >= 15 is 0 Å². The van der Waals surface area contributed by atoms with E-state index in [-0.39, 0.29) is 12.8 Å². The van der Waals surface area contributed by atoms with Crippen molar-refractivity contribution in [3.8, 4) is 0 Å². The van der Waals surface area contributed by atoms with Crippen LogP contribution in [0.2, 0.25) is 0 Å². The fourth-order valence-corrected chi connectivity index (χ4v) is 2.51. The van der Waals surface area contributed by atoms with Gasteiger partial charge in [0.2, 0.25) is 0 Å². The Kier molecular flexibility index (Phi) is 4.83. The molecule has 6 nitrogen and oxygen atoms in total. The highest BCUT2D eigenvalue weighted by molar-refractivity contribution is 5.81. The number of carboxylic acids is 2. The predicted octanol–water partition coefficient (Wildman–Crippen LogP) is 2.08. The molecule has 6 heteroatoms. The van der Waals surface area contributed by atoms with E-state index in [0.717, 1.165) is 10.9 Å². The second-order valence-corrected chi connectivity index (χ2v) is 5.01. The standard InChI is InChI=1S/C16H15NO5/c18-6-5-12(16(21)22)13(8-15(19)20)11-7-10-3-1-2-4-14(10)17-9-11/h1-4,6-7,9,12-13H,5,8H2,(H,19,20)(H,21,22). The van der Waals surface area contributed by atoms with E-state index in [9.17, 15) is 19.5 Å². The normalized spacial score (nSPS) is 13.5. The van der Waals surface area contributed by atoms with Crippen molar-refractivity contribution in [2.45, 2.75) is 18.8 Å². The van der Waals surface area contributed by atoms with Crippen LogP contribution in [0.3, 0.4) is 0 Å². The summed E-state index contributed by atoms with van der Waals surface area (Å²) < 4.78 is 0. The molecule has 0 radical (unpaired) electrons. The zero-order chi connectivity index (χ0) is 16.1. The van der Waals surface area contributed by atoms with Crippen molar-refractivity contribution < 1.29 is 24.6 Å². The second kappa shape index (κ2) is 6.80. The molecule has 2 N–H and O–H groups in total. The van der Waals surface area contributed by atoms with E-state index in [4.69, 9.17) is 5.11 Å². The lowest BCUT2D eigenvalue weighted by Crippen LogP contribution is -2.25. The van der Waals surface area contributed by atoms with Gasteiger partial charge in [0.25, 0.3) is 0 Å². The molecule has 0 saturated carbocycles. The summed E-state index contributed by atoms with van der Waals surface area (Å²) in [5.41, 5.74) is 1.25. The summed E-state index contributed by atoms with van der Waals surface area (Å²) in [6.45, 7) is 0. The van der Waals surface area contributed by atoms with Crippen LogP contribution in [-0.4, -0.2) is 33.4 Å². The Balaban J connectivity index is 2.47. The van der Waals surface area contributed by atoms with Crippen molar-refractivity contribution in [2.75, 3.05) is 0 Å². The van der Waals surface area contributed by atoms with E-state index < -0.39 is 23.8 Å². The minimum atomic E-state index is -1.19. The molecule has 2 rings (SSSR count). The highest BCUT2D eigenvalue weighted by atomic mass is 16.4. The van der Waals surface area contributed by atoms with Gasteiger partial charge in [-0.25, -0.2) is 0 Å². The lowest BCUT2D eigenvalue weighted by atomic mass is 9.82. The Labute approximate surface area is 126 Å². The van der Waals surface area contributed by atoms with Crippen LogP contribution in [0.4, 0.5) is 0 Å². The first-order valence-corrected chi connectivity index (χ1v) is 6.76. The molecule has 2 unspecified atom stereocenters. The Morgan fingerprint density at radius 1 is 1.23 bits per heavy atom. The van der Waals surface area contributed by atoms with Gasteiger partial charge in [0.1, 0.15) is 6.29 Å². The van der Waals surface area contributed by atoms with Crippen LogP contribution in [0.5, 0.6) is 0 Å². The average Bonchev–Trinajstić information content (AvgIpc) is 2.49. The molecule has 1 aromatic carbocycles. The number of hydrogen-bond donors (Lipinski definition) is 2. The molecule has 0 aliphatic rings. The number of aldehydes is 1. The maximum absolute atomic E-state index is 11.4. The Bertz CT molecular complexity index is 713. The Morgan fingerprint density at radius 2 is 1.95 bits per heavy atom. The molecule has 0 spiro atoms. The summed E-state index contributed by atoms with van der Waals surface area (Å²) in [6.07, 6.45) is 1.38. The third-order valence-corrected chi connectivity index (χ3v) is 3.59. The summed E-state index contributed by atoms with van der Waals surface area (Å²) >= 11 is 0. The van der Waals surface area contributed by atoms with E-state index in [1.165, 1.54) is 6.20 Å². The third kappa shape index (κ3) is 3.46. The van der Waals surface area contributed by atoms with Gasteiger partial charge in [0.05, 0.1) is 17.9 Å². The maximum atomic E-state index is 11.4. The van der Waals surface area contributed by atoms with Gasteiger partial charge in [0.15, 0.2) is 0 Å². The van der Waals surface area contributed by atoms with Crippen molar-refractivity contribution in [3.05, 3.63) is 42.1 Å². The number of nitrogens with zero attached hydrogens (tertiary/aromatic N) is 1. The molecule has 2 aromatic rings. The van der Waals surface area contributed by atoms with E-state index in [1.807, 2.05) is 24.3 Å². The molecule has 2 atom stereocenters. The van der Waals surface area contributed by atoms with Crippen LogP contribution in [0.25, 0.3) is 10.9 Å². The van der Waals surface area contributed by atoms with Crippen molar-refractivity contribution in [1.29, 1.82) is 0 Å². The average molecular weight is 301 g/mol. The number of aromatic nitrogens is 1. The highest BCUT2D eigenvalue weighted by Crippen LogP contribution is 2.31. The van der Waals surface area contributed by atoms with E-state index in [0.29, 0.717) is 11.8 Å². The number of carboxylic acid groups (broad SMARTS) is 2. The fourth-order valence-electron chi connectivity index (χ4n) is 2.51. The van der Waals surface area contributed by atoms with Gasteiger partial charge in [-0.05, 0) is 17.7 Å². The molecule has 0 aliphatic heterocycles. The molecule has 0 amide bonds. The van der Waals surface area contributed by atoms with Crippen molar-refractivity contribution >= 4 is 29.1 Å². The lowest BCUT2D eigenvalue weighted by Gasteiger charge is -2.21. The van der Waals surface area contributed by atoms with Crippen LogP contribution in [0.1, 0.15) is 24.3 Å². The number of fused-ring (bicyclic) bond motifs is 1. The second-order valence-electron chi connectivity index (χ2n) is 5.01. The first kappa shape index (κ1) is 15.6. The molecule has 1 heterocycles. The number of rotatable bonds is 7. The number of benzene rings is 1. The summed E-state index contributed by atoms with van der Waals surface area (Å²) in [6, 6.07) is 9.01. The molecular formula is C16H15NO5. The number of hydrogen-bond acceptors (Lipinski definition) is 4. The predicted molar refractivity (Wildman–Crippen MR) is 78.5 cm³/mol. The monoisotopic (exact) mass is 301 g/mol. The zero-order valence-electron chi connectivity index (χ0n) is 11.7. The summed E-state index contributed by atoms with van der Waals surface area (Å²) in [7, 11) is 0. The number of para-hydroxylation sites is 1. The summed E-state index contributed by atoms with van der Waals surface area (Å²) in [5.74, 6) is -4.20. The number of pyridine rings is 1. The molecule has 0 aliphatic carbocycles. The Morgan fingerprint density at radius 3 is 2.59 bits per heavy atom. The summed E-state index contributed by atoms with van der Waals surface area (Å²) in [4.78, 5) is 37.4. The van der Waals surface area contributed by atoms with Gasteiger partial charge in [-0.2, -0.15) is 0 Å². The summed E-state index contributed by atoms with van der Waals surface area (Å²) in [5, 5.41) is 19.1. The lowest BCUT2D eigenvalue weighted by molar-refractivity contribution is -0.145. The number of carbonyl (C=O) groups is 3. The van der Waals surface area contributed by atoms with Crippen LogP contribution in [0.15, 0.2) is 36.5 Å². The van der Waals surface area contributed by atoms with Crippen LogP contribution < -0.4 is 0 Å². The van der Waals surface area contributed by atoms with Crippen LogP contribution in [-0.2, 0) is 14.4 Å². The van der Waals surface area contributed by atoms with Crippen molar-refractivity contribution in [3.63, 3.8) is 0 Å². The topological polar surface area (TPSA) is 105 Å². The molecule has 1 aromatic heterocycles. The third-order valence-electron chi connectivity index (χ3n) is 3.59. The largest absolute Gasteiger partial charge is 0.481 e. The van der Waals surface area contributed by atoms with Crippen molar-refractivity contribution in [1.82, 2.24) is 4.98 Å². The SMILES string of the molecule is O=CCC(C(=O)O)C(CC(=O)O)c1cnc2ccccc2c1. The number of aliphatic carboxylic acids is 2. The molecule has 0 bridgehead atoms. The van der Waals surface area contributed by atoms with Gasteiger partial charge >= 0.3 is 11.9 Å². The highest BCUT2D eigenvalue weighted by Gasteiger charge is 2.31. The molecule has 0 saturated heterocycles. The fraction of sp³-hybridized carbons (Fsp3) is 0.250. The molecule has 0 fully saturated rings. The quantitative estimate of drug-likeness (QED) is 0.759. The maximum Gasteiger partial charge on any atom is 0.307 e. The van der Waals surface area contributed by atoms with E-state index in [1.54, 1.807) is 6.07 Å². The number of carbonyl (C=O) groups excluding carboxylic acids is 1. The van der Waals surface area contributed by atoms with E-state index in [2.05, 4.69) is 4.98 Å². The van der Waals surface area contributed by atoms with Gasteiger partial charge in [-0.1, -0.05) is 18.2 Å². The van der Waals surface area contributed by atoms with Gasteiger partial charge in [-0.3, -0.25) is 14.6 Å². The first-order valence-electron chi connectivity index (χ1n) is 6.76. The first-order chi connectivity index (χ1) is 10.5. The van der Waals surface area contributed by atoms with Gasteiger partial charge in [-0.15, -0.1) is 0 Å². The molecular weight excluding hydrogens is 286 g/mol. The van der Waals surface area contributed by atoms with Crippen LogP contribution >= 0.6 is 0 Å². The van der Waals surface area contributed by atoms with Gasteiger partial charge in [0, 0.05) is 23.9 Å². The minimum absolute atomic E-state index is 0.236. The van der Waals surface area contributed by atoms with Gasteiger partial charge < -0.3 is 15.0 Å². The molecule has 22 heavy (non-hydrogen) atoms.